The average molecular weight is 240 g/mol. The summed E-state index contributed by atoms with van der Waals surface area (Å²) in [6.45, 7) is 15.3. The van der Waals surface area contributed by atoms with Crippen LogP contribution in [-0.2, 0) is 0 Å². The third-order valence-corrected chi connectivity index (χ3v) is 3.99. The van der Waals surface area contributed by atoms with Gasteiger partial charge in [0, 0.05) is 25.2 Å². The van der Waals surface area contributed by atoms with Gasteiger partial charge in [-0.2, -0.15) is 0 Å². The molecule has 0 bridgehead atoms. The minimum absolute atomic E-state index is 0.602. The van der Waals surface area contributed by atoms with Gasteiger partial charge in [0.1, 0.15) is 0 Å². The van der Waals surface area contributed by atoms with Gasteiger partial charge in [-0.3, -0.25) is 4.90 Å². The molecule has 1 heterocycles. The second-order valence-electron chi connectivity index (χ2n) is 6.31. The first-order valence-electron chi connectivity index (χ1n) is 7.52. The Kier molecular flexibility index (Phi) is 6.50. The first-order valence-corrected chi connectivity index (χ1v) is 7.52. The third kappa shape index (κ3) is 4.97. The highest BCUT2D eigenvalue weighted by Gasteiger charge is 2.29. The molecule has 0 aromatic carbocycles. The lowest BCUT2D eigenvalue weighted by molar-refractivity contribution is 0.176. The van der Waals surface area contributed by atoms with Gasteiger partial charge in [-0.05, 0) is 31.2 Å². The van der Waals surface area contributed by atoms with Crippen LogP contribution in [-0.4, -0.2) is 36.6 Å². The number of rotatable bonds is 7. The van der Waals surface area contributed by atoms with E-state index in [1.54, 1.807) is 0 Å². The predicted octanol–water partition coefficient (Wildman–Crippen LogP) is 3.13. The minimum Gasteiger partial charge on any atom is -0.313 e. The summed E-state index contributed by atoms with van der Waals surface area (Å²) in [7, 11) is 0. The van der Waals surface area contributed by atoms with Crippen molar-refractivity contribution >= 4 is 0 Å². The van der Waals surface area contributed by atoms with E-state index in [4.69, 9.17) is 0 Å². The Labute approximate surface area is 108 Å². The molecule has 2 unspecified atom stereocenters. The van der Waals surface area contributed by atoms with Crippen LogP contribution in [0, 0.1) is 11.8 Å². The van der Waals surface area contributed by atoms with Gasteiger partial charge < -0.3 is 5.32 Å². The molecule has 17 heavy (non-hydrogen) atoms. The molecule has 0 saturated carbocycles. The van der Waals surface area contributed by atoms with Crippen LogP contribution in [0.5, 0.6) is 0 Å². The van der Waals surface area contributed by atoms with Gasteiger partial charge in [-0.25, -0.2) is 0 Å². The summed E-state index contributed by atoms with van der Waals surface area (Å²) in [6, 6.07) is 1.32. The molecule has 0 aromatic heterocycles. The summed E-state index contributed by atoms with van der Waals surface area (Å²) in [5.41, 5.74) is 0. The van der Waals surface area contributed by atoms with E-state index in [9.17, 15) is 0 Å². The molecular formula is C15H32N2. The molecule has 0 aromatic rings. The van der Waals surface area contributed by atoms with Crippen LogP contribution in [0.4, 0.5) is 0 Å². The van der Waals surface area contributed by atoms with Crippen molar-refractivity contribution in [3.63, 3.8) is 0 Å². The van der Waals surface area contributed by atoms with Gasteiger partial charge in [0.05, 0.1) is 0 Å². The average Bonchev–Trinajstić information content (AvgIpc) is 2.66. The van der Waals surface area contributed by atoms with Crippen LogP contribution < -0.4 is 5.32 Å². The molecule has 102 valence electrons. The summed E-state index contributed by atoms with van der Waals surface area (Å²) in [5.74, 6) is 1.71. The number of likely N-dealkylation sites (tertiary alicyclic amines) is 1. The van der Waals surface area contributed by atoms with Crippen molar-refractivity contribution in [3.8, 4) is 0 Å². The van der Waals surface area contributed by atoms with Gasteiger partial charge >= 0.3 is 0 Å². The Hall–Kier alpha value is -0.0800. The molecule has 2 heteroatoms. The van der Waals surface area contributed by atoms with Crippen LogP contribution in [0.3, 0.4) is 0 Å². The molecule has 2 nitrogen and oxygen atoms in total. The number of hydrogen-bond donors (Lipinski definition) is 1. The smallest absolute Gasteiger partial charge is 0.0243 e. The van der Waals surface area contributed by atoms with E-state index in [0.29, 0.717) is 6.04 Å². The van der Waals surface area contributed by atoms with Gasteiger partial charge in [-0.15, -0.1) is 0 Å². The fourth-order valence-electron chi connectivity index (χ4n) is 2.95. The van der Waals surface area contributed by atoms with Gasteiger partial charge in [0.15, 0.2) is 0 Å². The largest absolute Gasteiger partial charge is 0.313 e. The lowest BCUT2D eigenvalue weighted by Crippen LogP contribution is -2.46. The van der Waals surface area contributed by atoms with Crippen molar-refractivity contribution in [1.82, 2.24) is 10.2 Å². The highest BCUT2D eigenvalue weighted by molar-refractivity contribution is 4.84. The fourth-order valence-corrected chi connectivity index (χ4v) is 2.95. The molecule has 0 aliphatic carbocycles. The topological polar surface area (TPSA) is 15.3 Å². The van der Waals surface area contributed by atoms with Crippen molar-refractivity contribution in [2.75, 3.05) is 19.6 Å². The Morgan fingerprint density at radius 3 is 2.47 bits per heavy atom. The highest BCUT2D eigenvalue weighted by Crippen LogP contribution is 2.24. The first-order chi connectivity index (χ1) is 8.04. The molecule has 2 atom stereocenters. The molecule has 1 aliphatic rings. The Morgan fingerprint density at radius 2 is 1.94 bits per heavy atom. The maximum Gasteiger partial charge on any atom is 0.0243 e. The maximum absolute atomic E-state index is 3.61. The molecule has 1 fully saturated rings. The van der Waals surface area contributed by atoms with Crippen LogP contribution in [0.25, 0.3) is 0 Å². The molecule has 1 N–H and O–H groups in total. The van der Waals surface area contributed by atoms with Crippen molar-refractivity contribution < 1.29 is 0 Å². The van der Waals surface area contributed by atoms with Crippen molar-refractivity contribution in [3.05, 3.63) is 0 Å². The number of hydrogen-bond acceptors (Lipinski definition) is 2. The zero-order chi connectivity index (χ0) is 12.8. The Morgan fingerprint density at radius 1 is 1.24 bits per heavy atom. The van der Waals surface area contributed by atoms with E-state index in [1.807, 2.05) is 0 Å². The Bertz CT molecular complexity index is 201. The van der Waals surface area contributed by atoms with Crippen LogP contribution in [0.2, 0.25) is 0 Å². The second kappa shape index (κ2) is 7.38. The van der Waals surface area contributed by atoms with Crippen LogP contribution >= 0.6 is 0 Å². The second-order valence-corrected chi connectivity index (χ2v) is 6.31. The molecule has 1 aliphatic heterocycles. The van der Waals surface area contributed by atoms with E-state index in [2.05, 4.69) is 44.8 Å². The van der Waals surface area contributed by atoms with E-state index in [0.717, 1.165) is 24.4 Å². The standard InChI is InChI=1S/C15H32N2/c1-6-7-14-8-9-17(11-14)15(12(2)3)10-16-13(4)5/h12-16H,6-11H2,1-5H3. The van der Waals surface area contributed by atoms with E-state index in [-0.39, 0.29) is 0 Å². The summed E-state index contributed by atoms with van der Waals surface area (Å²) >= 11 is 0. The lowest BCUT2D eigenvalue weighted by Gasteiger charge is -2.32. The molecule has 0 radical (unpaired) electrons. The molecule has 1 saturated heterocycles. The molecule has 1 rings (SSSR count). The summed E-state index contributed by atoms with van der Waals surface area (Å²) in [4.78, 5) is 2.72. The van der Waals surface area contributed by atoms with E-state index < -0.39 is 0 Å². The quantitative estimate of drug-likeness (QED) is 0.735. The summed E-state index contributed by atoms with van der Waals surface area (Å²) in [5, 5.41) is 3.61. The predicted molar refractivity (Wildman–Crippen MR) is 76.4 cm³/mol. The monoisotopic (exact) mass is 240 g/mol. The third-order valence-electron chi connectivity index (χ3n) is 3.99. The fraction of sp³-hybridized carbons (Fsp3) is 1.00. The number of nitrogens with one attached hydrogen (secondary N) is 1. The minimum atomic E-state index is 0.602. The van der Waals surface area contributed by atoms with Crippen LogP contribution in [0.15, 0.2) is 0 Å². The highest BCUT2D eigenvalue weighted by atomic mass is 15.2. The summed E-state index contributed by atoms with van der Waals surface area (Å²) < 4.78 is 0. The van der Waals surface area contributed by atoms with Crippen molar-refractivity contribution in [1.29, 1.82) is 0 Å². The first kappa shape index (κ1) is 15.0. The van der Waals surface area contributed by atoms with Crippen molar-refractivity contribution in [2.24, 2.45) is 11.8 Å². The van der Waals surface area contributed by atoms with Gasteiger partial charge in [-0.1, -0.05) is 41.0 Å². The van der Waals surface area contributed by atoms with E-state index >= 15 is 0 Å². The SMILES string of the molecule is CCCC1CCN(C(CNC(C)C)C(C)C)C1. The van der Waals surface area contributed by atoms with Gasteiger partial charge in [0.2, 0.25) is 0 Å². The van der Waals surface area contributed by atoms with Crippen LogP contribution in [0.1, 0.15) is 53.9 Å². The zero-order valence-electron chi connectivity index (χ0n) is 12.5. The van der Waals surface area contributed by atoms with Crippen molar-refractivity contribution in [2.45, 2.75) is 66.0 Å². The number of nitrogens with zero attached hydrogens (tertiary/aromatic N) is 1. The molecular weight excluding hydrogens is 208 g/mol. The lowest BCUT2D eigenvalue weighted by atomic mass is 10.0. The zero-order valence-corrected chi connectivity index (χ0v) is 12.5. The maximum atomic E-state index is 3.61. The molecule has 0 spiro atoms. The van der Waals surface area contributed by atoms with Gasteiger partial charge in [0.25, 0.3) is 0 Å². The normalized spacial score (nSPS) is 23.8. The molecule has 0 amide bonds. The van der Waals surface area contributed by atoms with E-state index in [1.165, 1.54) is 32.4 Å². The Balaban J connectivity index is 2.43. The summed E-state index contributed by atoms with van der Waals surface area (Å²) in [6.07, 6.45) is 4.17.